The molecular weight excluding hydrogens is 272 g/mol. The molecule has 1 aromatic heterocycles. The molecule has 0 saturated carbocycles. The zero-order valence-corrected chi connectivity index (χ0v) is 11.6. The Morgan fingerprint density at radius 1 is 1.48 bits per heavy atom. The lowest BCUT2D eigenvalue weighted by Crippen LogP contribution is -2.36. The number of aromatic carboxylic acids is 1. The Kier molecular flexibility index (Phi) is 3.39. The molecule has 110 valence electrons. The van der Waals surface area contributed by atoms with Crippen LogP contribution in [-0.4, -0.2) is 41.5 Å². The second-order valence-corrected chi connectivity index (χ2v) is 5.18. The summed E-state index contributed by atoms with van der Waals surface area (Å²) in [5.41, 5.74) is 0.707. The molecule has 1 amide bonds. The number of nitrogens with zero attached hydrogens (tertiary/aromatic N) is 1. The maximum atomic E-state index is 11.8. The zero-order valence-electron chi connectivity index (χ0n) is 11.6. The minimum atomic E-state index is -1.02. The number of fused-ring (bicyclic) bond motifs is 1. The van der Waals surface area contributed by atoms with E-state index in [4.69, 9.17) is 4.42 Å². The van der Waals surface area contributed by atoms with Crippen LogP contribution in [0.2, 0.25) is 0 Å². The van der Waals surface area contributed by atoms with Gasteiger partial charge in [0.2, 0.25) is 5.91 Å². The molecule has 1 aliphatic heterocycles. The van der Waals surface area contributed by atoms with Crippen LogP contribution in [0.5, 0.6) is 0 Å². The molecule has 0 radical (unpaired) electrons. The normalized spacial score (nSPS) is 18.6. The van der Waals surface area contributed by atoms with E-state index in [1.807, 2.05) is 0 Å². The third-order valence-electron chi connectivity index (χ3n) is 3.82. The smallest absolute Gasteiger partial charge is 0.339 e. The Balaban J connectivity index is 1.85. The number of carbonyl (C=O) groups is 2. The predicted octanol–water partition coefficient (Wildman–Crippen LogP) is 1.45. The highest BCUT2D eigenvalue weighted by Gasteiger charge is 2.29. The highest BCUT2D eigenvalue weighted by atomic mass is 16.4. The number of carbonyl (C=O) groups excluding carboxylic acids is 1. The third-order valence-corrected chi connectivity index (χ3v) is 3.82. The van der Waals surface area contributed by atoms with Crippen molar-refractivity contribution in [1.82, 2.24) is 10.2 Å². The number of furan rings is 1. The molecule has 6 heteroatoms. The molecule has 1 fully saturated rings. The van der Waals surface area contributed by atoms with Gasteiger partial charge in [0.25, 0.3) is 0 Å². The summed E-state index contributed by atoms with van der Waals surface area (Å²) < 4.78 is 5.61. The van der Waals surface area contributed by atoms with Crippen LogP contribution in [0.15, 0.2) is 28.7 Å². The molecule has 2 N–H and O–H groups in total. The minimum Gasteiger partial charge on any atom is -0.478 e. The van der Waals surface area contributed by atoms with Crippen molar-refractivity contribution < 1.29 is 19.1 Å². The summed E-state index contributed by atoms with van der Waals surface area (Å²) in [5.74, 6) is -0.638. The van der Waals surface area contributed by atoms with Crippen molar-refractivity contribution in [2.24, 2.45) is 0 Å². The number of hydrogen-bond donors (Lipinski definition) is 2. The Morgan fingerprint density at radius 3 is 2.90 bits per heavy atom. The second-order valence-electron chi connectivity index (χ2n) is 5.18. The predicted molar refractivity (Wildman–Crippen MR) is 76.1 cm³/mol. The van der Waals surface area contributed by atoms with Gasteiger partial charge in [-0.05, 0) is 12.5 Å². The van der Waals surface area contributed by atoms with Crippen LogP contribution in [0.25, 0.3) is 11.0 Å². The Bertz CT molecular complexity index is 707. The number of likely N-dealkylation sites (N-methyl/N-ethyl adjacent to an activating group) is 1. The fourth-order valence-electron chi connectivity index (χ4n) is 2.68. The molecule has 0 aliphatic carbocycles. The molecular formula is C15H16N2O4. The van der Waals surface area contributed by atoms with E-state index >= 15 is 0 Å². The first-order chi connectivity index (χ1) is 10.1. The van der Waals surface area contributed by atoms with Crippen molar-refractivity contribution in [3.05, 3.63) is 35.6 Å². The average Bonchev–Trinajstić information content (AvgIpc) is 2.98. The van der Waals surface area contributed by atoms with Gasteiger partial charge in [-0.3, -0.25) is 10.1 Å². The van der Waals surface area contributed by atoms with Crippen LogP contribution in [0.4, 0.5) is 0 Å². The number of para-hydroxylation sites is 1. The fourth-order valence-corrected chi connectivity index (χ4v) is 2.68. The van der Waals surface area contributed by atoms with Gasteiger partial charge < -0.3 is 14.4 Å². The maximum absolute atomic E-state index is 11.8. The molecule has 1 aliphatic rings. The number of rotatable bonds is 4. The van der Waals surface area contributed by atoms with Crippen LogP contribution in [0.3, 0.4) is 0 Å². The van der Waals surface area contributed by atoms with Crippen molar-refractivity contribution in [1.29, 1.82) is 0 Å². The Labute approximate surface area is 121 Å². The Hall–Kier alpha value is -2.34. The standard InChI is InChI=1S/C15H16N2O4/c1-17-7-6-10(14(17)18)16-8-12-13(15(19)20)9-4-2-3-5-11(9)21-12/h2-5,10,16H,6-8H2,1H3,(H,19,20). The molecule has 0 bridgehead atoms. The van der Waals surface area contributed by atoms with Gasteiger partial charge in [-0.1, -0.05) is 18.2 Å². The monoisotopic (exact) mass is 288 g/mol. The molecule has 3 rings (SSSR count). The van der Waals surface area contributed by atoms with Gasteiger partial charge in [0.1, 0.15) is 16.9 Å². The van der Waals surface area contributed by atoms with Crippen LogP contribution in [0.1, 0.15) is 22.5 Å². The SMILES string of the molecule is CN1CCC(NCc2oc3ccccc3c2C(=O)O)C1=O. The third kappa shape index (κ3) is 2.38. The summed E-state index contributed by atoms with van der Waals surface area (Å²) in [6, 6.07) is 6.76. The molecule has 1 aromatic carbocycles. The van der Waals surface area contributed by atoms with E-state index < -0.39 is 5.97 Å². The van der Waals surface area contributed by atoms with Crippen molar-refractivity contribution in [2.45, 2.75) is 19.0 Å². The Morgan fingerprint density at radius 2 is 2.24 bits per heavy atom. The van der Waals surface area contributed by atoms with Crippen LogP contribution < -0.4 is 5.32 Å². The van der Waals surface area contributed by atoms with Crippen molar-refractivity contribution in [3.8, 4) is 0 Å². The van der Waals surface area contributed by atoms with E-state index in [0.717, 1.165) is 6.42 Å². The van der Waals surface area contributed by atoms with Crippen LogP contribution >= 0.6 is 0 Å². The van der Waals surface area contributed by atoms with E-state index in [1.165, 1.54) is 0 Å². The maximum Gasteiger partial charge on any atom is 0.339 e. The van der Waals surface area contributed by atoms with Gasteiger partial charge in [0, 0.05) is 19.0 Å². The molecule has 1 atom stereocenters. The first-order valence-corrected chi connectivity index (χ1v) is 6.80. The van der Waals surface area contributed by atoms with Gasteiger partial charge in [-0.2, -0.15) is 0 Å². The summed E-state index contributed by atoms with van der Waals surface area (Å²) in [5, 5.41) is 13.0. The molecule has 2 aromatic rings. The molecule has 21 heavy (non-hydrogen) atoms. The summed E-state index contributed by atoms with van der Waals surface area (Å²) in [4.78, 5) is 24.9. The van der Waals surface area contributed by atoms with E-state index in [1.54, 1.807) is 36.2 Å². The lowest BCUT2D eigenvalue weighted by atomic mass is 10.1. The molecule has 1 unspecified atom stereocenters. The average molecular weight is 288 g/mol. The van der Waals surface area contributed by atoms with Gasteiger partial charge >= 0.3 is 5.97 Å². The van der Waals surface area contributed by atoms with Gasteiger partial charge in [0.05, 0.1) is 12.6 Å². The number of carboxylic acid groups (broad SMARTS) is 1. The van der Waals surface area contributed by atoms with E-state index in [0.29, 0.717) is 23.3 Å². The quantitative estimate of drug-likeness (QED) is 0.889. The van der Waals surface area contributed by atoms with Crippen molar-refractivity contribution in [3.63, 3.8) is 0 Å². The summed E-state index contributed by atoms with van der Waals surface area (Å²) in [6.07, 6.45) is 0.720. The van der Waals surface area contributed by atoms with Gasteiger partial charge in [-0.25, -0.2) is 4.79 Å². The van der Waals surface area contributed by atoms with E-state index in [2.05, 4.69) is 5.32 Å². The molecule has 1 saturated heterocycles. The number of nitrogens with one attached hydrogen (secondary N) is 1. The van der Waals surface area contributed by atoms with Crippen molar-refractivity contribution in [2.75, 3.05) is 13.6 Å². The summed E-state index contributed by atoms with van der Waals surface area (Å²) in [7, 11) is 1.76. The summed E-state index contributed by atoms with van der Waals surface area (Å²) >= 11 is 0. The van der Waals surface area contributed by atoms with Gasteiger partial charge in [-0.15, -0.1) is 0 Å². The van der Waals surface area contributed by atoms with Crippen molar-refractivity contribution >= 4 is 22.8 Å². The van der Waals surface area contributed by atoms with Crippen LogP contribution in [0, 0.1) is 0 Å². The lowest BCUT2D eigenvalue weighted by Gasteiger charge is -2.11. The first kappa shape index (κ1) is 13.6. The second kappa shape index (κ2) is 5.21. The van der Waals surface area contributed by atoms with Crippen LogP contribution in [-0.2, 0) is 11.3 Å². The van der Waals surface area contributed by atoms with E-state index in [9.17, 15) is 14.7 Å². The number of hydrogen-bond acceptors (Lipinski definition) is 4. The fraction of sp³-hybridized carbons (Fsp3) is 0.333. The largest absolute Gasteiger partial charge is 0.478 e. The molecule has 6 nitrogen and oxygen atoms in total. The van der Waals surface area contributed by atoms with Gasteiger partial charge in [0.15, 0.2) is 0 Å². The number of carboxylic acids is 1. The molecule has 2 heterocycles. The highest BCUT2D eigenvalue weighted by molar-refractivity contribution is 6.03. The first-order valence-electron chi connectivity index (χ1n) is 6.80. The topological polar surface area (TPSA) is 82.8 Å². The summed E-state index contributed by atoms with van der Waals surface area (Å²) in [6.45, 7) is 0.934. The highest BCUT2D eigenvalue weighted by Crippen LogP contribution is 2.26. The molecule has 0 spiro atoms. The number of benzene rings is 1. The lowest BCUT2D eigenvalue weighted by molar-refractivity contribution is -0.128. The minimum absolute atomic E-state index is 0.0305. The van der Waals surface area contributed by atoms with E-state index in [-0.39, 0.29) is 24.1 Å². The number of likely N-dealkylation sites (tertiary alicyclic amines) is 1. The number of amides is 1. The zero-order chi connectivity index (χ0) is 15.0.